The quantitative estimate of drug-likeness (QED) is 0.191. The summed E-state index contributed by atoms with van der Waals surface area (Å²) in [5, 5.41) is 0. The predicted octanol–water partition coefficient (Wildman–Crippen LogP) is 6.12. The second-order valence-electron chi connectivity index (χ2n) is 8.38. The fraction of sp³-hybridized carbons (Fsp3) is 0.129. The van der Waals surface area contributed by atoms with Crippen molar-refractivity contribution < 1.29 is 28.6 Å². The number of carbonyl (C=O) groups is 3. The first kappa shape index (κ1) is 26.9. The van der Waals surface area contributed by atoms with Gasteiger partial charge in [-0.25, -0.2) is 14.4 Å². The molecule has 0 aliphatic carbocycles. The second-order valence-corrected chi connectivity index (χ2v) is 8.38. The molecule has 0 N–H and O–H groups in total. The van der Waals surface area contributed by atoms with E-state index < -0.39 is 17.9 Å². The molecule has 37 heavy (non-hydrogen) atoms. The zero-order valence-corrected chi connectivity index (χ0v) is 20.9. The van der Waals surface area contributed by atoms with Crippen LogP contribution in [-0.4, -0.2) is 24.5 Å². The standard InChI is InChI=1S/C31H28O6/c1-21(2)30(33)35-20-19-24-7-14-27(15-8-24)36-29(32)18-9-23-5-10-25(11-6-23)26-12-16-28(17-13-26)37-31(34)22(3)4/h5-18H,1,3,19-20H2,2,4H3. The minimum atomic E-state index is -0.493. The summed E-state index contributed by atoms with van der Waals surface area (Å²) in [5.74, 6) is -0.492. The van der Waals surface area contributed by atoms with Crippen LogP contribution in [0.2, 0.25) is 0 Å². The number of benzene rings is 3. The lowest BCUT2D eigenvalue weighted by atomic mass is 10.0. The first-order valence-corrected chi connectivity index (χ1v) is 11.6. The average molecular weight is 497 g/mol. The summed E-state index contributed by atoms with van der Waals surface area (Å²) in [6.45, 7) is 10.6. The molecule has 3 aromatic carbocycles. The summed E-state index contributed by atoms with van der Waals surface area (Å²) in [4.78, 5) is 35.2. The van der Waals surface area contributed by atoms with Crippen molar-refractivity contribution in [3.8, 4) is 22.6 Å². The van der Waals surface area contributed by atoms with E-state index in [1.54, 1.807) is 44.2 Å². The Morgan fingerprint density at radius 3 is 1.78 bits per heavy atom. The van der Waals surface area contributed by atoms with Crippen LogP contribution in [-0.2, 0) is 25.5 Å². The molecule has 0 bridgehead atoms. The zero-order valence-electron chi connectivity index (χ0n) is 20.9. The van der Waals surface area contributed by atoms with Crippen molar-refractivity contribution in [3.63, 3.8) is 0 Å². The van der Waals surface area contributed by atoms with Crippen molar-refractivity contribution in [3.05, 3.63) is 114 Å². The van der Waals surface area contributed by atoms with E-state index in [-0.39, 0.29) is 6.61 Å². The van der Waals surface area contributed by atoms with E-state index in [0.29, 0.717) is 29.1 Å². The smallest absolute Gasteiger partial charge is 0.338 e. The fourth-order valence-electron chi connectivity index (χ4n) is 3.12. The summed E-state index contributed by atoms with van der Waals surface area (Å²) in [6.07, 6.45) is 3.59. The Morgan fingerprint density at radius 1 is 0.703 bits per heavy atom. The first-order valence-electron chi connectivity index (χ1n) is 11.6. The summed E-state index contributed by atoms with van der Waals surface area (Å²) in [5.41, 5.74) is 4.43. The zero-order chi connectivity index (χ0) is 26.8. The van der Waals surface area contributed by atoms with Gasteiger partial charge in [-0.2, -0.15) is 0 Å². The lowest BCUT2D eigenvalue weighted by Crippen LogP contribution is -2.08. The average Bonchev–Trinajstić information content (AvgIpc) is 2.89. The highest BCUT2D eigenvalue weighted by Gasteiger charge is 2.07. The molecule has 0 heterocycles. The molecule has 0 saturated heterocycles. The van der Waals surface area contributed by atoms with E-state index in [1.165, 1.54) is 6.08 Å². The van der Waals surface area contributed by atoms with Gasteiger partial charge in [0.15, 0.2) is 0 Å². The largest absolute Gasteiger partial charge is 0.462 e. The minimum absolute atomic E-state index is 0.253. The maximum Gasteiger partial charge on any atom is 0.338 e. The van der Waals surface area contributed by atoms with E-state index in [1.807, 2.05) is 48.5 Å². The van der Waals surface area contributed by atoms with Gasteiger partial charge in [0.2, 0.25) is 0 Å². The van der Waals surface area contributed by atoms with E-state index >= 15 is 0 Å². The van der Waals surface area contributed by atoms with Crippen molar-refractivity contribution in [1.82, 2.24) is 0 Å². The molecule has 0 aliphatic heterocycles. The number of ether oxygens (including phenoxy) is 3. The molecule has 6 nitrogen and oxygen atoms in total. The predicted molar refractivity (Wildman–Crippen MR) is 143 cm³/mol. The molecule has 0 fully saturated rings. The Morgan fingerprint density at radius 2 is 1.22 bits per heavy atom. The Hall–Kier alpha value is -4.71. The summed E-state index contributed by atoms with van der Waals surface area (Å²) < 4.78 is 15.6. The summed E-state index contributed by atoms with van der Waals surface area (Å²) in [6, 6.07) is 21.9. The Bertz CT molecular complexity index is 1310. The lowest BCUT2D eigenvalue weighted by Gasteiger charge is -2.06. The topological polar surface area (TPSA) is 78.9 Å². The molecule has 0 aliphatic rings. The minimum Gasteiger partial charge on any atom is -0.462 e. The van der Waals surface area contributed by atoms with Gasteiger partial charge in [-0.15, -0.1) is 0 Å². The molecule has 6 heteroatoms. The van der Waals surface area contributed by atoms with E-state index in [9.17, 15) is 14.4 Å². The molecule has 0 radical (unpaired) electrons. The van der Waals surface area contributed by atoms with E-state index in [0.717, 1.165) is 22.3 Å². The highest BCUT2D eigenvalue weighted by atomic mass is 16.5. The number of esters is 3. The van der Waals surface area contributed by atoms with Gasteiger partial charge in [-0.3, -0.25) is 0 Å². The maximum absolute atomic E-state index is 12.2. The second kappa shape index (κ2) is 12.8. The number of hydrogen-bond acceptors (Lipinski definition) is 6. The van der Waals surface area contributed by atoms with Crippen LogP contribution in [0.3, 0.4) is 0 Å². The first-order chi connectivity index (χ1) is 17.7. The SMILES string of the molecule is C=C(C)C(=O)OCCc1ccc(OC(=O)C=Cc2ccc(-c3ccc(OC(=O)C(=C)C)cc3)cc2)cc1. The van der Waals surface area contributed by atoms with Crippen LogP contribution in [0.4, 0.5) is 0 Å². The third-order valence-electron chi connectivity index (χ3n) is 5.18. The summed E-state index contributed by atoms with van der Waals surface area (Å²) in [7, 11) is 0. The molecular weight excluding hydrogens is 468 g/mol. The van der Waals surface area contributed by atoms with E-state index in [4.69, 9.17) is 14.2 Å². The Kier molecular flexibility index (Phi) is 9.33. The van der Waals surface area contributed by atoms with Gasteiger partial charge in [-0.1, -0.05) is 61.7 Å². The monoisotopic (exact) mass is 496 g/mol. The molecule has 188 valence electrons. The Balaban J connectivity index is 1.50. The van der Waals surface area contributed by atoms with Crippen LogP contribution in [0.5, 0.6) is 11.5 Å². The molecule has 0 saturated carbocycles. The van der Waals surface area contributed by atoms with Gasteiger partial charge in [0.25, 0.3) is 0 Å². The molecule has 3 aromatic rings. The molecule has 3 rings (SSSR count). The summed E-state index contributed by atoms with van der Waals surface area (Å²) >= 11 is 0. The molecule has 0 atom stereocenters. The van der Waals surface area contributed by atoms with Crippen LogP contribution in [0, 0.1) is 0 Å². The van der Waals surface area contributed by atoms with Crippen molar-refractivity contribution in [2.75, 3.05) is 6.61 Å². The van der Waals surface area contributed by atoms with Crippen molar-refractivity contribution in [1.29, 1.82) is 0 Å². The van der Waals surface area contributed by atoms with Gasteiger partial charge >= 0.3 is 17.9 Å². The van der Waals surface area contributed by atoms with Crippen molar-refractivity contribution in [2.24, 2.45) is 0 Å². The lowest BCUT2D eigenvalue weighted by molar-refractivity contribution is -0.139. The van der Waals surface area contributed by atoms with Gasteiger partial charge in [0.05, 0.1) is 6.61 Å². The third-order valence-corrected chi connectivity index (χ3v) is 5.18. The van der Waals surface area contributed by atoms with Crippen LogP contribution in [0.25, 0.3) is 17.2 Å². The maximum atomic E-state index is 12.2. The normalized spacial score (nSPS) is 10.5. The van der Waals surface area contributed by atoms with Crippen LogP contribution >= 0.6 is 0 Å². The molecule has 0 spiro atoms. The fourth-order valence-corrected chi connectivity index (χ4v) is 3.12. The van der Waals surface area contributed by atoms with Gasteiger partial charge in [-0.05, 0) is 66.4 Å². The Labute approximate surface area is 216 Å². The van der Waals surface area contributed by atoms with Crippen LogP contribution in [0.1, 0.15) is 25.0 Å². The van der Waals surface area contributed by atoms with Gasteiger partial charge < -0.3 is 14.2 Å². The third kappa shape index (κ3) is 8.47. The highest BCUT2D eigenvalue weighted by molar-refractivity contribution is 5.89. The van der Waals surface area contributed by atoms with Crippen LogP contribution in [0.15, 0.2) is 103 Å². The molecule has 0 aromatic heterocycles. The number of rotatable bonds is 10. The number of hydrogen-bond donors (Lipinski definition) is 0. The molecule has 0 amide bonds. The number of carbonyl (C=O) groups excluding carboxylic acids is 3. The van der Waals surface area contributed by atoms with Crippen LogP contribution < -0.4 is 9.47 Å². The van der Waals surface area contributed by atoms with Gasteiger partial charge in [0.1, 0.15) is 11.5 Å². The van der Waals surface area contributed by atoms with Gasteiger partial charge in [0, 0.05) is 23.6 Å². The van der Waals surface area contributed by atoms with Crippen molar-refractivity contribution >= 4 is 24.0 Å². The molecular formula is C31H28O6. The molecule has 0 unspecified atom stereocenters. The van der Waals surface area contributed by atoms with E-state index in [2.05, 4.69) is 13.2 Å². The highest BCUT2D eigenvalue weighted by Crippen LogP contribution is 2.23. The van der Waals surface area contributed by atoms with Crippen molar-refractivity contribution in [2.45, 2.75) is 20.3 Å².